The lowest BCUT2D eigenvalue weighted by Gasteiger charge is -2.06. The summed E-state index contributed by atoms with van der Waals surface area (Å²) in [7, 11) is 0. The van der Waals surface area contributed by atoms with Gasteiger partial charge < -0.3 is 10.5 Å². The second kappa shape index (κ2) is 5.51. The molecule has 1 aromatic heterocycles. The topological polar surface area (TPSA) is 56.0 Å². The highest BCUT2D eigenvalue weighted by Crippen LogP contribution is 2.14. The maximum absolute atomic E-state index is 11.8. The van der Waals surface area contributed by atoms with Gasteiger partial charge in [0.15, 0.2) is 12.4 Å². The van der Waals surface area contributed by atoms with E-state index in [-0.39, 0.29) is 5.91 Å². The Morgan fingerprint density at radius 1 is 1.28 bits per heavy atom. The number of benzene rings is 1. The predicted octanol–water partition coefficient (Wildman–Crippen LogP) is 1.90. The Labute approximate surface area is 109 Å². The molecule has 0 atom stereocenters. The van der Waals surface area contributed by atoms with E-state index in [0.717, 1.165) is 5.56 Å². The number of hydrogen-bond donors (Lipinski definition) is 1. The van der Waals surface area contributed by atoms with Crippen LogP contribution in [0.25, 0.3) is 0 Å². The van der Waals surface area contributed by atoms with Gasteiger partial charge in [-0.2, -0.15) is 4.73 Å². The van der Waals surface area contributed by atoms with Gasteiger partial charge in [-0.3, -0.25) is 4.79 Å². The Balaban J connectivity index is 2.03. The maximum atomic E-state index is 11.8. The molecule has 4 nitrogen and oxygen atoms in total. The van der Waals surface area contributed by atoms with Gasteiger partial charge in [0.1, 0.15) is 5.56 Å². The highest BCUT2D eigenvalue weighted by molar-refractivity contribution is 6.31. The second-order valence-electron chi connectivity index (χ2n) is 3.73. The molecule has 1 aromatic carbocycles. The van der Waals surface area contributed by atoms with Crippen molar-refractivity contribution in [2.24, 2.45) is 0 Å². The summed E-state index contributed by atoms with van der Waals surface area (Å²) in [5.41, 5.74) is 1.15. The number of aromatic nitrogens is 1. The van der Waals surface area contributed by atoms with E-state index < -0.39 is 0 Å². The van der Waals surface area contributed by atoms with Crippen LogP contribution in [-0.2, 0) is 6.54 Å². The molecule has 0 saturated heterocycles. The van der Waals surface area contributed by atoms with E-state index in [1.54, 1.807) is 12.1 Å². The summed E-state index contributed by atoms with van der Waals surface area (Å²) in [6, 6.07) is 10.4. The van der Waals surface area contributed by atoms with E-state index >= 15 is 0 Å². The predicted molar refractivity (Wildman–Crippen MR) is 68.0 cm³/mol. The number of nitrogens with zero attached hydrogens (tertiary/aromatic N) is 1. The molecular formula is C13H11ClN2O2. The van der Waals surface area contributed by atoms with Crippen LogP contribution in [0.1, 0.15) is 15.9 Å². The van der Waals surface area contributed by atoms with E-state index in [4.69, 9.17) is 11.6 Å². The number of carbonyl (C=O) groups is 1. The first-order valence-electron chi connectivity index (χ1n) is 5.37. The standard InChI is InChI=1S/C13H11ClN2O2/c14-12-6-2-1-4-10(12)8-15-13(17)11-5-3-7-16(18)9-11/h1-7,9H,8H2,(H,15,17). The average Bonchev–Trinajstić information content (AvgIpc) is 2.37. The molecule has 0 saturated carbocycles. The van der Waals surface area contributed by atoms with Gasteiger partial charge in [-0.15, -0.1) is 0 Å². The molecule has 5 heteroatoms. The third-order valence-corrected chi connectivity index (χ3v) is 2.80. The highest BCUT2D eigenvalue weighted by Gasteiger charge is 2.08. The molecule has 0 radical (unpaired) electrons. The molecule has 0 aliphatic heterocycles. The maximum Gasteiger partial charge on any atom is 0.257 e. The molecule has 0 aliphatic carbocycles. The molecule has 2 rings (SSSR count). The minimum atomic E-state index is -0.305. The first kappa shape index (κ1) is 12.4. The first-order valence-corrected chi connectivity index (χ1v) is 5.75. The van der Waals surface area contributed by atoms with Gasteiger partial charge >= 0.3 is 0 Å². The quantitative estimate of drug-likeness (QED) is 0.679. The van der Waals surface area contributed by atoms with Crippen molar-refractivity contribution in [1.82, 2.24) is 5.32 Å². The van der Waals surface area contributed by atoms with Crippen molar-refractivity contribution < 1.29 is 9.52 Å². The van der Waals surface area contributed by atoms with Crippen LogP contribution >= 0.6 is 11.6 Å². The molecule has 0 fully saturated rings. The van der Waals surface area contributed by atoms with Crippen molar-refractivity contribution in [1.29, 1.82) is 0 Å². The fourth-order valence-electron chi connectivity index (χ4n) is 1.51. The summed E-state index contributed by atoms with van der Waals surface area (Å²) in [5.74, 6) is -0.305. The number of pyridine rings is 1. The lowest BCUT2D eigenvalue weighted by molar-refractivity contribution is -0.605. The Morgan fingerprint density at radius 2 is 2.06 bits per heavy atom. The van der Waals surface area contributed by atoms with Crippen LogP contribution in [0.2, 0.25) is 5.02 Å². The minimum Gasteiger partial charge on any atom is -0.619 e. The van der Waals surface area contributed by atoms with Gasteiger partial charge in [0.25, 0.3) is 5.91 Å². The zero-order valence-electron chi connectivity index (χ0n) is 9.47. The van der Waals surface area contributed by atoms with Gasteiger partial charge in [0.2, 0.25) is 0 Å². The summed E-state index contributed by atoms with van der Waals surface area (Å²) < 4.78 is 0.588. The van der Waals surface area contributed by atoms with Gasteiger partial charge in [-0.05, 0) is 17.7 Å². The number of rotatable bonds is 3. The zero-order chi connectivity index (χ0) is 13.0. The average molecular weight is 263 g/mol. The van der Waals surface area contributed by atoms with Gasteiger partial charge in [0.05, 0.1) is 0 Å². The molecule has 1 heterocycles. The monoisotopic (exact) mass is 262 g/mol. The Kier molecular flexibility index (Phi) is 3.79. The van der Waals surface area contributed by atoms with E-state index in [1.165, 1.54) is 18.5 Å². The number of halogens is 1. The number of hydrogen-bond acceptors (Lipinski definition) is 2. The van der Waals surface area contributed by atoms with Crippen LogP contribution in [-0.4, -0.2) is 5.91 Å². The molecular weight excluding hydrogens is 252 g/mol. The third kappa shape index (κ3) is 2.99. The molecule has 1 amide bonds. The van der Waals surface area contributed by atoms with Crippen molar-refractivity contribution in [3.8, 4) is 0 Å². The molecule has 2 aromatic rings. The molecule has 18 heavy (non-hydrogen) atoms. The molecule has 1 N–H and O–H groups in total. The van der Waals surface area contributed by atoms with Crippen LogP contribution in [0.15, 0.2) is 48.8 Å². The molecule has 92 valence electrons. The minimum absolute atomic E-state index is 0.305. The second-order valence-corrected chi connectivity index (χ2v) is 4.13. The van der Waals surface area contributed by atoms with Crippen molar-refractivity contribution in [2.45, 2.75) is 6.54 Å². The number of nitrogens with one attached hydrogen (secondary N) is 1. The van der Waals surface area contributed by atoms with E-state index in [0.29, 0.717) is 21.9 Å². The first-order chi connectivity index (χ1) is 8.66. The van der Waals surface area contributed by atoms with Crippen LogP contribution in [0.5, 0.6) is 0 Å². The molecule has 0 spiro atoms. The van der Waals surface area contributed by atoms with Gasteiger partial charge in [-0.25, -0.2) is 0 Å². The summed E-state index contributed by atoms with van der Waals surface area (Å²) >= 11 is 5.97. The third-order valence-electron chi connectivity index (χ3n) is 2.43. The largest absolute Gasteiger partial charge is 0.619 e. The van der Waals surface area contributed by atoms with Crippen LogP contribution < -0.4 is 10.0 Å². The van der Waals surface area contributed by atoms with Gasteiger partial charge in [-0.1, -0.05) is 29.8 Å². The fourth-order valence-corrected chi connectivity index (χ4v) is 1.71. The highest BCUT2D eigenvalue weighted by atomic mass is 35.5. The smallest absolute Gasteiger partial charge is 0.257 e. The lowest BCUT2D eigenvalue weighted by atomic mass is 10.2. The van der Waals surface area contributed by atoms with E-state index in [2.05, 4.69) is 5.32 Å². The zero-order valence-corrected chi connectivity index (χ0v) is 10.2. The molecule has 0 bridgehead atoms. The SMILES string of the molecule is O=C(NCc1ccccc1Cl)c1ccc[n+]([O-])c1. The summed E-state index contributed by atoms with van der Waals surface area (Å²) in [6.45, 7) is 0.326. The van der Waals surface area contributed by atoms with E-state index in [9.17, 15) is 10.0 Å². The van der Waals surface area contributed by atoms with Gasteiger partial charge in [0, 0.05) is 17.6 Å². The van der Waals surface area contributed by atoms with Crippen molar-refractivity contribution in [3.63, 3.8) is 0 Å². The van der Waals surface area contributed by atoms with Crippen molar-refractivity contribution >= 4 is 17.5 Å². The van der Waals surface area contributed by atoms with E-state index in [1.807, 2.05) is 18.2 Å². The Morgan fingerprint density at radius 3 is 2.78 bits per heavy atom. The fraction of sp³-hybridized carbons (Fsp3) is 0.0769. The van der Waals surface area contributed by atoms with Crippen LogP contribution in [0.4, 0.5) is 0 Å². The Bertz CT molecular complexity index is 572. The Hall–Kier alpha value is -2.07. The summed E-state index contributed by atoms with van der Waals surface area (Å²) in [5, 5.41) is 14.3. The van der Waals surface area contributed by atoms with Crippen LogP contribution in [0.3, 0.4) is 0 Å². The number of carbonyl (C=O) groups excluding carboxylic acids is 1. The van der Waals surface area contributed by atoms with Crippen molar-refractivity contribution in [3.05, 3.63) is 70.1 Å². The summed E-state index contributed by atoms with van der Waals surface area (Å²) in [4.78, 5) is 11.8. The lowest BCUT2D eigenvalue weighted by Crippen LogP contribution is -2.29. The molecule has 0 unspecified atom stereocenters. The molecule has 0 aliphatic rings. The number of amides is 1. The normalized spacial score (nSPS) is 10.1. The van der Waals surface area contributed by atoms with Crippen molar-refractivity contribution in [2.75, 3.05) is 0 Å². The van der Waals surface area contributed by atoms with Crippen LogP contribution in [0, 0.1) is 5.21 Å². The summed E-state index contributed by atoms with van der Waals surface area (Å²) in [6.07, 6.45) is 2.55.